The molecule has 2 aromatic heterocycles. The number of hydrogen-bond donors (Lipinski definition) is 1. The molecule has 0 saturated heterocycles. The topological polar surface area (TPSA) is 51.0 Å². The van der Waals surface area contributed by atoms with E-state index in [0.29, 0.717) is 22.5 Å². The fraction of sp³-hybridized carbons (Fsp3) is 0.0769. The van der Waals surface area contributed by atoms with Crippen LogP contribution < -0.4 is 5.32 Å². The van der Waals surface area contributed by atoms with Gasteiger partial charge in [-0.05, 0) is 42.8 Å². The molecule has 0 radical (unpaired) electrons. The Morgan fingerprint density at radius 3 is 3.00 bits per heavy atom. The van der Waals surface area contributed by atoms with E-state index in [1.807, 2.05) is 0 Å². The first-order valence-electron chi connectivity index (χ1n) is 5.47. The molecule has 0 amide bonds. The molecule has 5 heteroatoms. The third-order valence-corrected chi connectivity index (χ3v) is 2.65. The van der Waals surface area contributed by atoms with Crippen LogP contribution in [0.5, 0.6) is 0 Å². The van der Waals surface area contributed by atoms with E-state index in [1.54, 1.807) is 37.4 Å². The third-order valence-electron chi connectivity index (χ3n) is 2.65. The van der Waals surface area contributed by atoms with Crippen molar-refractivity contribution in [3.63, 3.8) is 0 Å². The van der Waals surface area contributed by atoms with Gasteiger partial charge in [0.05, 0.1) is 0 Å². The van der Waals surface area contributed by atoms with Crippen molar-refractivity contribution in [1.82, 2.24) is 10.1 Å². The number of aryl methyl sites for hydroxylation is 1. The van der Waals surface area contributed by atoms with Crippen molar-refractivity contribution in [2.45, 2.75) is 6.92 Å². The van der Waals surface area contributed by atoms with Crippen LogP contribution in [0.3, 0.4) is 0 Å². The van der Waals surface area contributed by atoms with Crippen molar-refractivity contribution in [3.05, 3.63) is 47.9 Å². The lowest BCUT2D eigenvalue weighted by atomic mass is 10.2. The number of nitrogens with one attached hydrogen (secondary N) is 1. The Bertz CT molecular complexity index is 708. The van der Waals surface area contributed by atoms with Crippen LogP contribution in [0.1, 0.15) is 5.56 Å². The highest BCUT2D eigenvalue weighted by Crippen LogP contribution is 2.24. The zero-order valence-corrected chi connectivity index (χ0v) is 9.64. The molecule has 0 unspecified atom stereocenters. The molecule has 0 bridgehead atoms. The summed E-state index contributed by atoms with van der Waals surface area (Å²) in [4.78, 5) is 4.18. The monoisotopic (exact) mass is 243 g/mol. The Hall–Kier alpha value is -2.43. The lowest BCUT2D eigenvalue weighted by Crippen LogP contribution is -1.93. The molecular weight excluding hydrogens is 233 g/mol. The second-order valence-electron chi connectivity index (χ2n) is 3.97. The number of aromatic nitrogens is 2. The molecule has 3 aromatic rings. The second kappa shape index (κ2) is 4.10. The zero-order valence-electron chi connectivity index (χ0n) is 9.64. The minimum atomic E-state index is -0.233. The van der Waals surface area contributed by atoms with E-state index >= 15 is 0 Å². The fourth-order valence-corrected chi connectivity index (χ4v) is 1.72. The number of nitrogens with zero attached hydrogens (tertiary/aromatic N) is 2. The Labute approximate surface area is 102 Å². The van der Waals surface area contributed by atoms with Gasteiger partial charge in [0.1, 0.15) is 5.82 Å². The molecule has 0 fully saturated rings. The highest BCUT2D eigenvalue weighted by atomic mass is 19.1. The lowest BCUT2D eigenvalue weighted by molar-refractivity contribution is 0.460. The Balaban J connectivity index is 1.98. The van der Waals surface area contributed by atoms with Crippen LogP contribution in [0.4, 0.5) is 15.9 Å². The van der Waals surface area contributed by atoms with Crippen molar-refractivity contribution in [3.8, 4) is 0 Å². The maximum Gasteiger partial charge on any atom is 0.200 e. The SMILES string of the molecule is Cc1cc(Nc2noc3cccnc23)ccc1F. The summed E-state index contributed by atoms with van der Waals surface area (Å²) in [5, 5.41) is 6.96. The fourth-order valence-electron chi connectivity index (χ4n) is 1.72. The van der Waals surface area contributed by atoms with Crippen molar-refractivity contribution < 1.29 is 8.91 Å². The van der Waals surface area contributed by atoms with Gasteiger partial charge in [0, 0.05) is 11.9 Å². The number of anilines is 2. The number of hydrogen-bond acceptors (Lipinski definition) is 4. The standard InChI is InChI=1S/C13H10FN3O/c1-8-7-9(4-5-10(8)14)16-13-12-11(18-17-13)3-2-6-15-12/h2-7H,1H3,(H,16,17). The zero-order chi connectivity index (χ0) is 12.5. The molecule has 0 aliphatic rings. The van der Waals surface area contributed by atoms with Crippen LogP contribution in [0.25, 0.3) is 11.1 Å². The van der Waals surface area contributed by atoms with E-state index in [4.69, 9.17) is 4.52 Å². The summed E-state index contributed by atoms with van der Waals surface area (Å²) in [6.45, 7) is 1.71. The van der Waals surface area contributed by atoms with Crippen LogP contribution in [-0.2, 0) is 0 Å². The number of rotatable bonds is 2. The highest BCUT2D eigenvalue weighted by Gasteiger charge is 2.09. The predicted octanol–water partition coefficient (Wildman–Crippen LogP) is 3.41. The number of pyridine rings is 1. The quantitative estimate of drug-likeness (QED) is 0.749. The van der Waals surface area contributed by atoms with Gasteiger partial charge in [0.15, 0.2) is 16.9 Å². The maximum atomic E-state index is 13.2. The van der Waals surface area contributed by atoms with Crippen molar-refractivity contribution in [1.29, 1.82) is 0 Å². The molecule has 0 saturated carbocycles. The van der Waals surface area contributed by atoms with Crippen molar-refractivity contribution >= 4 is 22.6 Å². The van der Waals surface area contributed by atoms with Gasteiger partial charge in [-0.1, -0.05) is 5.16 Å². The number of benzene rings is 1. The average molecular weight is 243 g/mol. The normalized spacial score (nSPS) is 10.8. The molecule has 1 N–H and O–H groups in total. The molecule has 18 heavy (non-hydrogen) atoms. The van der Waals surface area contributed by atoms with Gasteiger partial charge in [0.25, 0.3) is 0 Å². The van der Waals surface area contributed by atoms with E-state index in [9.17, 15) is 4.39 Å². The van der Waals surface area contributed by atoms with E-state index in [-0.39, 0.29) is 5.82 Å². The molecule has 0 spiro atoms. The van der Waals surface area contributed by atoms with Crippen LogP contribution in [0.2, 0.25) is 0 Å². The molecule has 2 heterocycles. The van der Waals surface area contributed by atoms with Gasteiger partial charge < -0.3 is 9.84 Å². The molecule has 90 valence electrons. The van der Waals surface area contributed by atoms with Gasteiger partial charge in [-0.25, -0.2) is 9.37 Å². The first-order chi connectivity index (χ1) is 8.74. The Morgan fingerprint density at radius 2 is 2.17 bits per heavy atom. The number of fused-ring (bicyclic) bond motifs is 1. The summed E-state index contributed by atoms with van der Waals surface area (Å²) >= 11 is 0. The van der Waals surface area contributed by atoms with Crippen LogP contribution in [0, 0.1) is 12.7 Å². The van der Waals surface area contributed by atoms with Gasteiger partial charge in [-0.15, -0.1) is 0 Å². The van der Waals surface area contributed by atoms with E-state index in [1.165, 1.54) is 6.07 Å². The molecule has 0 aliphatic heterocycles. The summed E-state index contributed by atoms with van der Waals surface area (Å²) < 4.78 is 18.3. The van der Waals surface area contributed by atoms with Crippen molar-refractivity contribution in [2.75, 3.05) is 5.32 Å². The van der Waals surface area contributed by atoms with E-state index < -0.39 is 0 Å². The third kappa shape index (κ3) is 1.79. The summed E-state index contributed by atoms with van der Waals surface area (Å²) in [6.07, 6.45) is 1.67. The van der Waals surface area contributed by atoms with Gasteiger partial charge in [0.2, 0.25) is 0 Å². The van der Waals surface area contributed by atoms with Crippen LogP contribution in [-0.4, -0.2) is 10.1 Å². The highest BCUT2D eigenvalue weighted by molar-refractivity contribution is 5.85. The predicted molar refractivity (Wildman–Crippen MR) is 66.2 cm³/mol. The van der Waals surface area contributed by atoms with Crippen LogP contribution >= 0.6 is 0 Å². The number of halogens is 1. The minimum absolute atomic E-state index is 0.233. The summed E-state index contributed by atoms with van der Waals surface area (Å²) in [5.74, 6) is 0.292. The average Bonchev–Trinajstić information content (AvgIpc) is 2.78. The smallest absolute Gasteiger partial charge is 0.200 e. The Morgan fingerprint density at radius 1 is 1.28 bits per heavy atom. The summed E-state index contributed by atoms with van der Waals surface area (Å²) in [5.41, 5.74) is 2.58. The lowest BCUT2D eigenvalue weighted by Gasteiger charge is -2.04. The summed E-state index contributed by atoms with van der Waals surface area (Å²) in [6, 6.07) is 8.33. The molecule has 4 nitrogen and oxygen atoms in total. The van der Waals surface area contributed by atoms with Gasteiger partial charge >= 0.3 is 0 Å². The summed E-state index contributed by atoms with van der Waals surface area (Å²) in [7, 11) is 0. The Kier molecular flexibility index (Phi) is 2.44. The molecule has 0 atom stereocenters. The molecular formula is C13H10FN3O. The van der Waals surface area contributed by atoms with Crippen molar-refractivity contribution in [2.24, 2.45) is 0 Å². The first-order valence-corrected chi connectivity index (χ1v) is 5.47. The van der Waals surface area contributed by atoms with Gasteiger partial charge in [-0.2, -0.15) is 0 Å². The van der Waals surface area contributed by atoms with E-state index in [0.717, 1.165) is 5.69 Å². The molecule has 3 rings (SSSR count). The largest absolute Gasteiger partial charge is 0.352 e. The van der Waals surface area contributed by atoms with Crippen LogP contribution in [0.15, 0.2) is 41.1 Å². The first kappa shape index (κ1) is 10.7. The maximum absolute atomic E-state index is 13.2. The van der Waals surface area contributed by atoms with Gasteiger partial charge in [-0.3, -0.25) is 0 Å². The minimum Gasteiger partial charge on any atom is -0.352 e. The molecule has 0 aliphatic carbocycles. The van der Waals surface area contributed by atoms with E-state index in [2.05, 4.69) is 15.5 Å². The molecule has 1 aromatic carbocycles. The second-order valence-corrected chi connectivity index (χ2v) is 3.97.